The summed E-state index contributed by atoms with van der Waals surface area (Å²) in [6, 6.07) is 9.69. The van der Waals surface area contributed by atoms with E-state index < -0.39 is 44.0 Å². The Morgan fingerprint density at radius 1 is 1.19 bits per heavy atom. The van der Waals surface area contributed by atoms with E-state index in [0.29, 0.717) is 5.75 Å². The molecule has 1 aliphatic rings. The molecule has 13 nitrogen and oxygen atoms in total. The third-order valence-corrected chi connectivity index (χ3v) is 10.2. The number of aromatic nitrogens is 2. The summed E-state index contributed by atoms with van der Waals surface area (Å²) in [4.78, 5) is 19.1. The molecule has 0 spiro atoms. The molecule has 228 valence electrons. The van der Waals surface area contributed by atoms with E-state index in [2.05, 4.69) is 9.71 Å². The van der Waals surface area contributed by atoms with Gasteiger partial charge in [0, 0.05) is 32.8 Å². The Balaban J connectivity index is 1.75. The Labute approximate surface area is 245 Å². The zero-order valence-corrected chi connectivity index (χ0v) is 25.6. The van der Waals surface area contributed by atoms with Crippen molar-refractivity contribution in [3.8, 4) is 11.5 Å². The number of para-hydroxylation sites is 1. The van der Waals surface area contributed by atoms with Gasteiger partial charge in [0.15, 0.2) is 10.8 Å². The van der Waals surface area contributed by atoms with Crippen LogP contribution in [0, 0.1) is 5.92 Å². The second-order valence-corrected chi connectivity index (χ2v) is 13.9. The van der Waals surface area contributed by atoms with Crippen LogP contribution in [0.3, 0.4) is 0 Å². The van der Waals surface area contributed by atoms with Gasteiger partial charge in [-0.25, -0.2) is 21.8 Å². The number of aliphatic hydroxyl groups is 1. The molecule has 2 N–H and O–H groups in total. The van der Waals surface area contributed by atoms with E-state index in [0.717, 1.165) is 4.31 Å². The van der Waals surface area contributed by atoms with Gasteiger partial charge in [-0.05, 0) is 43.3 Å². The highest BCUT2D eigenvalue weighted by Gasteiger charge is 2.37. The van der Waals surface area contributed by atoms with E-state index >= 15 is 0 Å². The van der Waals surface area contributed by atoms with Crippen LogP contribution < -0.4 is 14.2 Å². The van der Waals surface area contributed by atoms with Gasteiger partial charge in [-0.3, -0.25) is 9.52 Å². The molecule has 2 heterocycles. The normalized spacial score (nSPS) is 18.5. The summed E-state index contributed by atoms with van der Waals surface area (Å²) in [5, 5.41) is 9.76. The number of benzene rings is 2. The van der Waals surface area contributed by atoms with Crippen molar-refractivity contribution in [1.29, 1.82) is 0 Å². The molecule has 0 aliphatic carbocycles. The lowest BCUT2D eigenvalue weighted by Gasteiger charge is -2.38. The summed E-state index contributed by atoms with van der Waals surface area (Å²) in [6.45, 7) is 3.21. The first-order valence-corrected chi connectivity index (χ1v) is 16.0. The highest BCUT2D eigenvalue weighted by molar-refractivity contribution is 7.92. The number of hydrogen-bond acceptors (Lipinski definition) is 9. The van der Waals surface area contributed by atoms with Crippen molar-refractivity contribution in [3.63, 3.8) is 0 Å². The van der Waals surface area contributed by atoms with Crippen LogP contribution in [0.15, 0.2) is 64.9 Å². The fraction of sp³-hybridized carbons (Fsp3) is 0.407. The maximum atomic E-state index is 13.7. The summed E-state index contributed by atoms with van der Waals surface area (Å²) in [5.74, 6) is -0.456. The number of rotatable bonds is 10. The Kier molecular flexibility index (Phi) is 9.15. The molecule has 1 aliphatic heterocycles. The van der Waals surface area contributed by atoms with E-state index in [1.807, 2.05) is 0 Å². The van der Waals surface area contributed by atoms with Gasteiger partial charge in [0.05, 0.1) is 48.8 Å². The quantitative estimate of drug-likeness (QED) is 0.344. The fourth-order valence-electron chi connectivity index (χ4n) is 4.53. The third-order valence-electron chi connectivity index (χ3n) is 7.10. The van der Waals surface area contributed by atoms with Crippen LogP contribution >= 0.6 is 0 Å². The standard InChI is InChI=1S/C27H35N5O8S2/c1-18-13-32(19(2)16-33)27(34)22-7-6-8-23(29-41(35,36)21-11-9-20(39-5)10-12-21)26(22)40-24(18)14-31(4)42(37,38)25-15-30(3)17-28-25/h6-12,15,17-19,24,29,33H,13-14,16H2,1-5H3/t18-,19+,24+/m1/s1. The van der Waals surface area contributed by atoms with Crippen LogP contribution in [0.4, 0.5) is 5.69 Å². The molecule has 15 heteroatoms. The Hall–Kier alpha value is -3.66. The van der Waals surface area contributed by atoms with Crippen molar-refractivity contribution in [2.45, 2.75) is 35.9 Å². The predicted octanol–water partition coefficient (Wildman–Crippen LogP) is 1.77. The number of hydrogen-bond donors (Lipinski definition) is 2. The van der Waals surface area contributed by atoms with Crippen LogP contribution in [-0.4, -0.2) is 92.6 Å². The Morgan fingerprint density at radius 3 is 2.48 bits per heavy atom. The highest BCUT2D eigenvalue weighted by Crippen LogP contribution is 2.36. The molecule has 3 atom stereocenters. The van der Waals surface area contributed by atoms with Gasteiger partial charge in [-0.2, -0.15) is 4.31 Å². The lowest BCUT2D eigenvalue weighted by molar-refractivity contribution is 0.0389. The second kappa shape index (κ2) is 12.3. The van der Waals surface area contributed by atoms with E-state index in [1.165, 1.54) is 78.6 Å². The summed E-state index contributed by atoms with van der Waals surface area (Å²) < 4.78 is 69.8. The summed E-state index contributed by atoms with van der Waals surface area (Å²) >= 11 is 0. The number of imidazole rings is 1. The molecular formula is C27H35N5O8S2. The molecule has 0 saturated heterocycles. The van der Waals surface area contributed by atoms with Crippen molar-refractivity contribution in [1.82, 2.24) is 18.8 Å². The number of amides is 1. The van der Waals surface area contributed by atoms with Gasteiger partial charge < -0.3 is 24.0 Å². The molecule has 1 aromatic heterocycles. The number of ether oxygens (including phenoxy) is 2. The number of anilines is 1. The van der Waals surface area contributed by atoms with Gasteiger partial charge in [-0.1, -0.05) is 13.0 Å². The van der Waals surface area contributed by atoms with Crippen molar-refractivity contribution in [2.75, 3.05) is 38.6 Å². The lowest BCUT2D eigenvalue weighted by Crippen LogP contribution is -2.50. The first-order chi connectivity index (χ1) is 19.8. The van der Waals surface area contributed by atoms with Gasteiger partial charge in [0.1, 0.15) is 11.9 Å². The maximum absolute atomic E-state index is 13.7. The van der Waals surface area contributed by atoms with Gasteiger partial charge in [-0.15, -0.1) is 0 Å². The van der Waals surface area contributed by atoms with Gasteiger partial charge in [0.25, 0.3) is 26.0 Å². The molecule has 3 aromatic rings. The van der Waals surface area contributed by atoms with Gasteiger partial charge in [0.2, 0.25) is 0 Å². The van der Waals surface area contributed by atoms with Crippen LogP contribution in [0.1, 0.15) is 24.2 Å². The Morgan fingerprint density at radius 2 is 1.88 bits per heavy atom. The molecule has 42 heavy (non-hydrogen) atoms. The summed E-state index contributed by atoms with van der Waals surface area (Å²) in [7, 11) is -3.58. The minimum absolute atomic E-state index is 0.00241. The first kappa shape index (κ1) is 31.3. The smallest absolute Gasteiger partial charge is 0.262 e. The van der Waals surface area contributed by atoms with Crippen LogP contribution in [-0.2, 0) is 27.1 Å². The molecule has 2 aromatic carbocycles. The topological polar surface area (TPSA) is 160 Å². The molecule has 0 saturated carbocycles. The number of nitrogens with one attached hydrogen (secondary N) is 1. The largest absolute Gasteiger partial charge is 0.497 e. The van der Waals surface area contributed by atoms with E-state index in [9.17, 15) is 26.7 Å². The zero-order valence-electron chi connectivity index (χ0n) is 24.0. The predicted molar refractivity (Wildman–Crippen MR) is 154 cm³/mol. The molecule has 0 bridgehead atoms. The number of sulfonamides is 2. The molecule has 0 radical (unpaired) electrons. The van der Waals surface area contributed by atoms with Crippen molar-refractivity contribution < 1.29 is 36.2 Å². The first-order valence-electron chi connectivity index (χ1n) is 13.1. The number of fused-ring (bicyclic) bond motifs is 1. The molecule has 0 unspecified atom stereocenters. The highest BCUT2D eigenvalue weighted by atomic mass is 32.2. The van der Waals surface area contributed by atoms with Crippen molar-refractivity contribution in [3.05, 3.63) is 60.6 Å². The summed E-state index contributed by atoms with van der Waals surface area (Å²) in [5.41, 5.74) is 0.0694. The van der Waals surface area contributed by atoms with Gasteiger partial charge >= 0.3 is 0 Å². The average Bonchev–Trinajstić information content (AvgIpc) is 3.41. The third kappa shape index (κ3) is 6.38. The SMILES string of the molecule is COc1ccc(S(=O)(=O)Nc2cccc3c2O[C@@H](CN(C)S(=O)(=O)c2cn(C)cn2)[C@H](C)CN([C@@H](C)CO)C3=O)cc1. The lowest BCUT2D eigenvalue weighted by atomic mass is 9.99. The minimum atomic E-state index is -4.12. The van der Waals surface area contributed by atoms with E-state index in [4.69, 9.17) is 9.47 Å². The monoisotopic (exact) mass is 621 g/mol. The molecule has 1 amide bonds. The zero-order chi connectivity index (χ0) is 30.8. The number of likely N-dealkylation sites (N-methyl/N-ethyl adjacent to an activating group) is 1. The number of aliphatic hydroxyl groups excluding tert-OH is 1. The molecule has 4 rings (SSSR count). The van der Waals surface area contributed by atoms with E-state index in [1.54, 1.807) is 20.9 Å². The second-order valence-electron chi connectivity index (χ2n) is 10.2. The van der Waals surface area contributed by atoms with E-state index in [-0.39, 0.29) is 46.6 Å². The van der Waals surface area contributed by atoms with Crippen LogP contribution in [0.5, 0.6) is 11.5 Å². The van der Waals surface area contributed by atoms with Crippen LogP contribution in [0.25, 0.3) is 0 Å². The number of aryl methyl sites for hydroxylation is 1. The van der Waals surface area contributed by atoms with Crippen LogP contribution in [0.2, 0.25) is 0 Å². The van der Waals surface area contributed by atoms with Crippen molar-refractivity contribution in [2.24, 2.45) is 13.0 Å². The molecule has 0 fully saturated rings. The number of methoxy groups -OCH3 is 1. The van der Waals surface area contributed by atoms with Crippen molar-refractivity contribution >= 4 is 31.6 Å². The fourth-order valence-corrected chi connectivity index (χ4v) is 6.74. The number of carbonyl (C=O) groups is 1. The maximum Gasteiger partial charge on any atom is 0.262 e. The minimum Gasteiger partial charge on any atom is -0.497 e. The number of carbonyl (C=O) groups excluding carboxylic acids is 1. The Bertz CT molecular complexity index is 1640. The molecular weight excluding hydrogens is 586 g/mol. The summed E-state index contributed by atoms with van der Waals surface area (Å²) in [6.07, 6.45) is 1.95. The number of nitrogens with zero attached hydrogens (tertiary/aromatic N) is 4. The average molecular weight is 622 g/mol.